The van der Waals surface area contributed by atoms with E-state index < -0.39 is 0 Å². The zero-order valence-corrected chi connectivity index (χ0v) is 12.7. The fraction of sp³-hybridized carbons (Fsp3) is 0.588. The Morgan fingerprint density at radius 2 is 2.05 bits per heavy atom. The molecule has 0 radical (unpaired) electrons. The van der Waals surface area contributed by atoms with Gasteiger partial charge in [0.2, 0.25) is 0 Å². The van der Waals surface area contributed by atoms with E-state index in [2.05, 4.69) is 30.9 Å². The fourth-order valence-electron chi connectivity index (χ4n) is 2.84. The van der Waals surface area contributed by atoms with Gasteiger partial charge in [0, 0.05) is 24.9 Å². The molecule has 0 unspecified atom stereocenters. The summed E-state index contributed by atoms with van der Waals surface area (Å²) in [5.41, 5.74) is 1.12. The molecule has 20 heavy (non-hydrogen) atoms. The van der Waals surface area contributed by atoms with Crippen LogP contribution < -0.4 is 0 Å². The van der Waals surface area contributed by atoms with Crippen LogP contribution in [-0.4, -0.2) is 30.0 Å². The van der Waals surface area contributed by atoms with E-state index in [0.717, 1.165) is 25.1 Å². The summed E-state index contributed by atoms with van der Waals surface area (Å²) >= 11 is 0. The van der Waals surface area contributed by atoms with E-state index in [9.17, 15) is 4.79 Å². The molecule has 2 atom stereocenters. The Labute approximate surface area is 121 Å². The van der Waals surface area contributed by atoms with Crippen molar-refractivity contribution in [2.45, 2.75) is 45.8 Å². The van der Waals surface area contributed by atoms with Gasteiger partial charge in [0.15, 0.2) is 0 Å². The number of carbonyl (C=O) groups is 1. The van der Waals surface area contributed by atoms with Crippen LogP contribution in [0.5, 0.6) is 0 Å². The third kappa shape index (κ3) is 3.60. The Hall–Kier alpha value is -1.35. The van der Waals surface area contributed by atoms with Crippen LogP contribution in [0.15, 0.2) is 30.3 Å². The lowest BCUT2D eigenvalue weighted by molar-refractivity contribution is -0.151. The average Bonchev–Trinajstić information content (AvgIpc) is 2.95. The zero-order valence-electron chi connectivity index (χ0n) is 12.7. The summed E-state index contributed by atoms with van der Waals surface area (Å²) in [4.78, 5) is 14.2. The normalized spacial score (nSPS) is 21.1. The lowest BCUT2D eigenvalue weighted by atomic mass is 9.95. The molecule has 3 nitrogen and oxygen atoms in total. The number of hydrogen-bond donors (Lipinski definition) is 0. The molecule has 2 rings (SSSR count). The third-order valence-electron chi connectivity index (χ3n) is 4.09. The molecule has 0 bridgehead atoms. The minimum atomic E-state index is -0.109. The number of hydrogen-bond acceptors (Lipinski definition) is 3. The first-order valence-electron chi connectivity index (χ1n) is 7.60. The topological polar surface area (TPSA) is 29.5 Å². The zero-order chi connectivity index (χ0) is 14.5. The molecule has 0 saturated carbocycles. The first-order chi connectivity index (χ1) is 9.61. The van der Waals surface area contributed by atoms with Gasteiger partial charge in [0.25, 0.3) is 0 Å². The molecule has 1 heterocycles. The van der Waals surface area contributed by atoms with Gasteiger partial charge in [0.1, 0.15) is 6.10 Å². The molecule has 0 aromatic heterocycles. The van der Waals surface area contributed by atoms with Gasteiger partial charge in [-0.2, -0.15) is 0 Å². The van der Waals surface area contributed by atoms with Crippen molar-refractivity contribution in [3.63, 3.8) is 0 Å². The number of rotatable bonds is 5. The summed E-state index contributed by atoms with van der Waals surface area (Å²) in [5, 5.41) is 0. The Bertz CT molecular complexity index is 430. The maximum absolute atomic E-state index is 11.7. The van der Waals surface area contributed by atoms with E-state index in [-0.39, 0.29) is 12.1 Å². The van der Waals surface area contributed by atoms with Crippen LogP contribution in [0.2, 0.25) is 0 Å². The van der Waals surface area contributed by atoms with Crippen LogP contribution in [0, 0.1) is 5.92 Å². The molecule has 1 fully saturated rings. The molecular weight excluding hydrogens is 250 g/mol. The highest BCUT2D eigenvalue weighted by molar-refractivity contribution is 5.69. The second-order valence-electron chi connectivity index (χ2n) is 5.81. The number of esters is 1. The Morgan fingerprint density at radius 3 is 2.60 bits per heavy atom. The van der Waals surface area contributed by atoms with Crippen LogP contribution in [0.3, 0.4) is 0 Å². The molecule has 0 amide bonds. The summed E-state index contributed by atoms with van der Waals surface area (Å²) in [5.74, 6) is 0.289. The maximum atomic E-state index is 11.7. The van der Waals surface area contributed by atoms with Gasteiger partial charge < -0.3 is 9.64 Å². The molecular formula is C17H25NO2. The van der Waals surface area contributed by atoms with E-state index in [1.165, 1.54) is 0 Å². The molecule has 0 N–H and O–H groups in total. The minimum absolute atomic E-state index is 0.104. The molecule has 110 valence electrons. The number of ether oxygens (including phenoxy) is 1. The maximum Gasteiger partial charge on any atom is 0.306 e. The van der Waals surface area contributed by atoms with Gasteiger partial charge >= 0.3 is 5.97 Å². The highest BCUT2D eigenvalue weighted by Crippen LogP contribution is 2.34. The van der Waals surface area contributed by atoms with Crippen LogP contribution >= 0.6 is 0 Å². The first-order valence-corrected chi connectivity index (χ1v) is 7.60. The summed E-state index contributed by atoms with van der Waals surface area (Å²) in [6.07, 6.45) is 1.42. The SMILES string of the molecule is CCC(=O)O[C@@H](c1ccccc1)[C@H]1CCN(C(C)C)C1. The van der Waals surface area contributed by atoms with E-state index in [0.29, 0.717) is 18.4 Å². The predicted molar refractivity (Wildman–Crippen MR) is 80.4 cm³/mol. The number of carbonyl (C=O) groups excluding carboxylic acids is 1. The Morgan fingerprint density at radius 1 is 1.35 bits per heavy atom. The van der Waals surface area contributed by atoms with Gasteiger partial charge in [-0.3, -0.25) is 4.79 Å². The lowest BCUT2D eigenvalue weighted by Crippen LogP contribution is -2.30. The molecule has 1 aromatic rings. The van der Waals surface area contributed by atoms with Crippen molar-refractivity contribution in [1.82, 2.24) is 4.90 Å². The van der Waals surface area contributed by atoms with E-state index in [4.69, 9.17) is 4.74 Å². The quantitative estimate of drug-likeness (QED) is 0.771. The standard InChI is InChI=1S/C17H25NO2/c1-4-16(19)20-17(14-8-6-5-7-9-14)15-10-11-18(12-15)13(2)3/h5-9,13,15,17H,4,10-12H2,1-3H3/t15-,17-/m0/s1. The van der Waals surface area contributed by atoms with Gasteiger partial charge in [-0.1, -0.05) is 37.3 Å². The van der Waals surface area contributed by atoms with E-state index in [1.807, 2.05) is 25.1 Å². The summed E-state index contributed by atoms with van der Waals surface area (Å²) in [6, 6.07) is 10.7. The van der Waals surface area contributed by atoms with Crippen LogP contribution in [0.25, 0.3) is 0 Å². The number of benzene rings is 1. The largest absolute Gasteiger partial charge is 0.457 e. The molecule has 0 aliphatic carbocycles. The van der Waals surface area contributed by atoms with Crippen molar-refractivity contribution < 1.29 is 9.53 Å². The van der Waals surface area contributed by atoms with Gasteiger partial charge in [0.05, 0.1) is 0 Å². The molecule has 1 aromatic carbocycles. The third-order valence-corrected chi connectivity index (χ3v) is 4.09. The highest BCUT2D eigenvalue weighted by Gasteiger charge is 2.33. The van der Waals surface area contributed by atoms with Crippen molar-refractivity contribution in [3.8, 4) is 0 Å². The summed E-state index contributed by atoms with van der Waals surface area (Å²) in [6.45, 7) is 8.39. The molecule has 1 saturated heterocycles. The monoisotopic (exact) mass is 275 g/mol. The van der Waals surface area contributed by atoms with Crippen LogP contribution in [0.4, 0.5) is 0 Å². The molecule has 3 heteroatoms. The Balaban J connectivity index is 2.13. The first kappa shape index (κ1) is 15.0. The lowest BCUT2D eigenvalue weighted by Gasteiger charge is -2.26. The second-order valence-corrected chi connectivity index (χ2v) is 5.81. The smallest absolute Gasteiger partial charge is 0.306 e. The number of likely N-dealkylation sites (tertiary alicyclic amines) is 1. The molecule has 1 aliphatic heterocycles. The van der Waals surface area contributed by atoms with Gasteiger partial charge in [-0.25, -0.2) is 0 Å². The Kier molecular flexibility index (Phi) is 5.18. The van der Waals surface area contributed by atoms with Crippen molar-refractivity contribution in [2.75, 3.05) is 13.1 Å². The predicted octanol–water partition coefficient (Wildman–Crippen LogP) is 3.41. The second kappa shape index (κ2) is 6.89. The van der Waals surface area contributed by atoms with Gasteiger partial charge in [-0.15, -0.1) is 0 Å². The van der Waals surface area contributed by atoms with Crippen molar-refractivity contribution in [3.05, 3.63) is 35.9 Å². The minimum Gasteiger partial charge on any atom is -0.457 e. The van der Waals surface area contributed by atoms with E-state index in [1.54, 1.807) is 0 Å². The van der Waals surface area contributed by atoms with Crippen molar-refractivity contribution in [2.24, 2.45) is 5.92 Å². The molecule has 0 spiro atoms. The van der Waals surface area contributed by atoms with Crippen LogP contribution in [-0.2, 0) is 9.53 Å². The average molecular weight is 275 g/mol. The van der Waals surface area contributed by atoms with Crippen LogP contribution in [0.1, 0.15) is 45.3 Å². The van der Waals surface area contributed by atoms with Gasteiger partial charge in [-0.05, 0) is 32.4 Å². The number of nitrogens with zero attached hydrogens (tertiary/aromatic N) is 1. The van der Waals surface area contributed by atoms with Crippen molar-refractivity contribution >= 4 is 5.97 Å². The fourth-order valence-corrected chi connectivity index (χ4v) is 2.84. The molecule has 1 aliphatic rings. The van der Waals surface area contributed by atoms with E-state index >= 15 is 0 Å². The summed E-state index contributed by atoms with van der Waals surface area (Å²) < 4.78 is 5.73. The highest BCUT2D eigenvalue weighted by atomic mass is 16.5. The van der Waals surface area contributed by atoms with Crippen molar-refractivity contribution in [1.29, 1.82) is 0 Å². The summed E-state index contributed by atoms with van der Waals surface area (Å²) in [7, 11) is 0.